The lowest BCUT2D eigenvalue weighted by atomic mass is 9.99. The second-order valence-corrected chi connectivity index (χ2v) is 14.2. The van der Waals surface area contributed by atoms with Crippen molar-refractivity contribution < 1.29 is 9.26 Å². The van der Waals surface area contributed by atoms with Crippen molar-refractivity contribution in [2.75, 3.05) is 43.9 Å². The highest BCUT2D eigenvalue weighted by Crippen LogP contribution is 2.39. The van der Waals surface area contributed by atoms with E-state index >= 15 is 0 Å². The van der Waals surface area contributed by atoms with Crippen LogP contribution in [0.1, 0.15) is 85.9 Å². The predicted molar refractivity (Wildman–Crippen MR) is 175 cm³/mol. The first-order valence-electron chi connectivity index (χ1n) is 16.5. The zero-order valence-electron chi connectivity index (χ0n) is 26.6. The van der Waals surface area contributed by atoms with Gasteiger partial charge in [0.1, 0.15) is 23.0 Å². The van der Waals surface area contributed by atoms with E-state index in [-0.39, 0.29) is 6.10 Å². The van der Waals surface area contributed by atoms with Crippen molar-refractivity contribution in [1.82, 2.24) is 29.8 Å². The van der Waals surface area contributed by atoms with E-state index in [4.69, 9.17) is 30.1 Å². The molecule has 0 saturated carbocycles. The number of nitrogen functional groups attached to an aromatic ring is 1. The molecule has 45 heavy (non-hydrogen) atoms. The van der Waals surface area contributed by atoms with Gasteiger partial charge in [-0.1, -0.05) is 19.0 Å². The van der Waals surface area contributed by atoms with E-state index in [0.717, 1.165) is 103 Å². The fourth-order valence-corrected chi connectivity index (χ4v) is 8.26. The monoisotopic (exact) mass is 629 g/mol. The van der Waals surface area contributed by atoms with Crippen molar-refractivity contribution in [3.8, 4) is 17.6 Å². The minimum atomic E-state index is -0.177. The van der Waals surface area contributed by atoms with Gasteiger partial charge in [0.2, 0.25) is 0 Å². The summed E-state index contributed by atoms with van der Waals surface area (Å²) in [6.07, 6.45) is 8.66. The Morgan fingerprint density at radius 1 is 1.20 bits per heavy atom. The molecule has 0 bridgehead atoms. The van der Waals surface area contributed by atoms with E-state index in [1.54, 1.807) is 0 Å². The van der Waals surface area contributed by atoms with Gasteiger partial charge in [-0.3, -0.25) is 0 Å². The summed E-state index contributed by atoms with van der Waals surface area (Å²) >= 11 is 1.49. The molecule has 3 aliphatic heterocycles. The highest BCUT2D eigenvalue weighted by molar-refractivity contribution is 7.16. The maximum absolute atomic E-state index is 9.25. The van der Waals surface area contributed by atoms with Crippen LogP contribution in [0.3, 0.4) is 0 Å². The van der Waals surface area contributed by atoms with E-state index in [1.165, 1.54) is 30.6 Å². The molecule has 3 unspecified atom stereocenters. The molecule has 3 aliphatic rings. The summed E-state index contributed by atoms with van der Waals surface area (Å²) < 4.78 is 14.4. The number of anilines is 2. The third-order valence-electron chi connectivity index (χ3n) is 9.81. The zero-order chi connectivity index (χ0) is 31.1. The van der Waals surface area contributed by atoms with Gasteiger partial charge in [0.05, 0.1) is 29.8 Å². The van der Waals surface area contributed by atoms with Gasteiger partial charge in [0, 0.05) is 36.0 Å². The first kappa shape index (κ1) is 30.1. The second-order valence-electron chi connectivity index (χ2n) is 13.0. The van der Waals surface area contributed by atoms with Gasteiger partial charge < -0.3 is 24.8 Å². The predicted octanol–water partition coefficient (Wildman–Crippen LogP) is 5.53. The molecule has 0 amide bonds. The summed E-state index contributed by atoms with van der Waals surface area (Å²) in [6.45, 7) is 9.00. The summed E-state index contributed by atoms with van der Waals surface area (Å²) in [5, 5.41) is 20.7. The van der Waals surface area contributed by atoms with Crippen LogP contribution in [0, 0.1) is 17.2 Å². The topological polar surface area (TPSA) is 135 Å². The van der Waals surface area contributed by atoms with Crippen LogP contribution in [0.2, 0.25) is 0 Å². The Hall–Kier alpha value is -3.53. The van der Waals surface area contributed by atoms with Crippen LogP contribution in [0.4, 0.5) is 10.8 Å². The molecule has 7 heterocycles. The summed E-state index contributed by atoms with van der Waals surface area (Å²) in [5.41, 5.74) is 10.3. The second kappa shape index (κ2) is 12.7. The van der Waals surface area contributed by atoms with E-state index in [2.05, 4.69) is 46.6 Å². The number of thiophene rings is 1. The molecule has 0 aliphatic carbocycles. The van der Waals surface area contributed by atoms with Crippen LogP contribution in [0.15, 0.2) is 10.6 Å². The van der Waals surface area contributed by atoms with Crippen LogP contribution < -0.4 is 10.6 Å². The molecule has 0 spiro atoms. The molecule has 0 aromatic carbocycles. The molecule has 4 aromatic heterocycles. The Morgan fingerprint density at radius 2 is 2.07 bits per heavy atom. The molecule has 3 atom stereocenters. The van der Waals surface area contributed by atoms with Gasteiger partial charge in [-0.15, -0.1) is 11.3 Å². The number of hydrogen-bond donors (Lipinski definition) is 1. The first-order chi connectivity index (χ1) is 21.9. The van der Waals surface area contributed by atoms with Crippen molar-refractivity contribution in [3.05, 3.63) is 33.5 Å². The molecule has 2 saturated heterocycles. The summed E-state index contributed by atoms with van der Waals surface area (Å²) in [6, 6.07) is 4.51. The molecule has 4 aromatic rings. The lowest BCUT2D eigenvalue weighted by Crippen LogP contribution is -2.35. The smallest absolute Gasteiger partial charge is 0.186 e. The Labute approximate surface area is 268 Å². The maximum Gasteiger partial charge on any atom is 0.186 e. The lowest BCUT2D eigenvalue weighted by molar-refractivity contribution is 0.0158. The van der Waals surface area contributed by atoms with Crippen LogP contribution in [0.5, 0.6) is 0 Å². The first-order valence-corrected chi connectivity index (χ1v) is 17.4. The largest absolute Gasteiger partial charge is 0.389 e. The number of nitrogens with zero attached hydrogens (tertiary/aromatic N) is 8. The number of aryl methyl sites for hydroxylation is 2. The van der Waals surface area contributed by atoms with Crippen molar-refractivity contribution in [2.45, 2.75) is 90.3 Å². The number of ether oxygens (including phenoxy) is 1. The minimum Gasteiger partial charge on any atom is -0.389 e. The number of piperidine rings is 1. The van der Waals surface area contributed by atoms with E-state index in [1.807, 2.05) is 6.07 Å². The maximum atomic E-state index is 9.25. The highest BCUT2D eigenvalue weighted by Gasteiger charge is 2.33. The average Bonchev–Trinajstić information content (AvgIpc) is 3.83. The highest BCUT2D eigenvalue weighted by atomic mass is 32.1. The molecule has 7 rings (SSSR count). The van der Waals surface area contributed by atoms with Gasteiger partial charge in [-0.2, -0.15) is 10.4 Å². The number of aromatic nitrogens is 5. The van der Waals surface area contributed by atoms with Gasteiger partial charge >= 0.3 is 0 Å². The Morgan fingerprint density at radius 3 is 2.82 bits per heavy atom. The summed E-state index contributed by atoms with van der Waals surface area (Å²) in [4.78, 5) is 16.5. The fraction of sp³-hybridized carbons (Fsp3) is 0.606. The summed E-state index contributed by atoms with van der Waals surface area (Å²) in [5.74, 6) is 2.99. The van der Waals surface area contributed by atoms with Gasteiger partial charge in [0.25, 0.3) is 0 Å². The van der Waals surface area contributed by atoms with Crippen LogP contribution in [-0.4, -0.2) is 69.1 Å². The van der Waals surface area contributed by atoms with Gasteiger partial charge in [0.15, 0.2) is 22.9 Å². The molecule has 2 N–H and O–H groups in total. The van der Waals surface area contributed by atoms with Crippen LogP contribution in [0.25, 0.3) is 22.6 Å². The number of hydrogen-bond acceptors (Lipinski definition) is 11. The number of likely N-dealkylation sites (N-methyl/N-ethyl adjacent to an activating group) is 1. The van der Waals surface area contributed by atoms with Crippen LogP contribution in [-0.2, 0) is 30.5 Å². The average molecular weight is 630 g/mol. The third-order valence-corrected chi connectivity index (χ3v) is 10.8. The van der Waals surface area contributed by atoms with E-state index < -0.39 is 0 Å². The van der Waals surface area contributed by atoms with Crippen molar-refractivity contribution in [2.24, 2.45) is 5.92 Å². The van der Waals surface area contributed by atoms with E-state index in [0.29, 0.717) is 41.4 Å². The van der Waals surface area contributed by atoms with E-state index in [9.17, 15) is 5.26 Å². The normalized spacial score (nSPS) is 22.3. The number of nitrogens with two attached hydrogens (primary N) is 1. The Balaban J connectivity index is 1.23. The SMILES string of the molecule is CCc1nn(CC2CCCN2C)c2nc(-c3noc4c3CCOC4CCCc3cc(C#N)c(N)s3)nc(N3CCCC(C)C3)c12. The van der Waals surface area contributed by atoms with Crippen molar-refractivity contribution >= 4 is 33.2 Å². The van der Waals surface area contributed by atoms with Crippen molar-refractivity contribution in [3.63, 3.8) is 0 Å². The van der Waals surface area contributed by atoms with Gasteiger partial charge in [-0.05, 0) is 76.9 Å². The molecule has 12 heteroatoms. The minimum absolute atomic E-state index is 0.177. The molecular weight excluding hydrogens is 586 g/mol. The Bertz CT molecular complexity index is 1720. The molecule has 2 fully saturated rings. The standard InChI is InChI=1S/C33H43N9O2S/c1-4-25-27-32(41-14-6-8-20(2)18-41)36-31(37-33(27)42(38-25)19-22-9-7-13-40(22)3)28-24-12-15-43-26(29(24)44-39-28)11-5-10-23-16-21(17-34)30(35)45-23/h16,20,22,26H,4-15,18-19,35H2,1-3H3. The third kappa shape index (κ3) is 5.82. The molecule has 238 valence electrons. The zero-order valence-corrected chi connectivity index (χ0v) is 27.4. The molecule has 0 radical (unpaired) electrons. The number of nitriles is 1. The van der Waals surface area contributed by atoms with Crippen LogP contribution >= 0.6 is 11.3 Å². The lowest BCUT2D eigenvalue weighted by Gasteiger charge is -2.32. The number of fused-ring (bicyclic) bond motifs is 2. The molecule has 11 nitrogen and oxygen atoms in total. The number of rotatable bonds is 9. The quantitative estimate of drug-likeness (QED) is 0.252. The fourth-order valence-electron chi connectivity index (χ4n) is 7.34. The number of likely N-dealkylation sites (tertiary alicyclic amines) is 1. The summed E-state index contributed by atoms with van der Waals surface area (Å²) in [7, 11) is 2.21. The molecular formula is C33H43N9O2S. The van der Waals surface area contributed by atoms with Crippen molar-refractivity contribution in [1.29, 1.82) is 5.26 Å². The Kier molecular flexibility index (Phi) is 8.50. The van der Waals surface area contributed by atoms with Gasteiger partial charge in [-0.25, -0.2) is 14.6 Å².